The number of carbonyl (C=O) groups is 2. The monoisotopic (exact) mass is 241 g/mol. The van der Waals surface area contributed by atoms with Crippen molar-refractivity contribution in [1.29, 1.82) is 0 Å². The highest BCUT2D eigenvalue weighted by Gasteiger charge is 2.41. The van der Waals surface area contributed by atoms with Gasteiger partial charge in [0, 0.05) is 13.1 Å². The van der Waals surface area contributed by atoms with E-state index in [1.165, 1.54) is 0 Å². The van der Waals surface area contributed by atoms with Gasteiger partial charge in [0.15, 0.2) is 0 Å². The van der Waals surface area contributed by atoms with Crippen LogP contribution in [0.1, 0.15) is 34.1 Å². The Balaban J connectivity index is 2.77. The molecule has 3 N–H and O–H groups in total. The second-order valence-electron chi connectivity index (χ2n) is 5.54. The summed E-state index contributed by atoms with van der Waals surface area (Å²) in [7, 11) is 0. The Kier molecular flexibility index (Phi) is 4.14. The predicted octanol–water partition coefficient (Wildman–Crippen LogP) is 0.0968. The van der Waals surface area contributed by atoms with Crippen molar-refractivity contribution in [3.8, 4) is 0 Å². The van der Waals surface area contributed by atoms with Crippen molar-refractivity contribution in [2.45, 2.75) is 45.7 Å². The fraction of sp³-hybridized carbons (Fsp3) is 0.833. The number of hydrogen-bond donors (Lipinski definition) is 2. The minimum atomic E-state index is -0.802. The number of carbonyl (C=O) groups excluding carboxylic acids is 2. The summed E-state index contributed by atoms with van der Waals surface area (Å²) in [4.78, 5) is 25.5. The highest BCUT2D eigenvalue weighted by molar-refractivity contribution is 5.93. The van der Waals surface area contributed by atoms with E-state index in [-0.39, 0.29) is 11.8 Å². The Morgan fingerprint density at radius 2 is 2.12 bits per heavy atom. The van der Waals surface area contributed by atoms with Gasteiger partial charge in [0.25, 0.3) is 0 Å². The van der Waals surface area contributed by atoms with Gasteiger partial charge < -0.3 is 16.0 Å². The van der Waals surface area contributed by atoms with Gasteiger partial charge in [0.1, 0.15) is 5.54 Å². The summed E-state index contributed by atoms with van der Waals surface area (Å²) in [5.74, 6) is 0.128. The number of piperazine rings is 1. The SMILES string of the molecule is CC(C)C[C@H](N)C(=O)N1CCNC(=O)C1(C)C. The molecule has 0 aromatic carbocycles. The molecule has 98 valence electrons. The summed E-state index contributed by atoms with van der Waals surface area (Å²) in [6.45, 7) is 8.59. The third kappa shape index (κ3) is 2.97. The molecule has 5 nitrogen and oxygen atoms in total. The minimum absolute atomic E-state index is 0.117. The lowest BCUT2D eigenvalue weighted by molar-refractivity contribution is -0.150. The first-order chi connectivity index (χ1) is 7.76. The number of rotatable bonds is 3. The van der Waals surface area contributed by atoms with Crippen molar-refractivity contribution in [3.05, 3.63) is 0 Å². The zero-order chi connectivity index (χ0) is 13.2. The van der Waals surface area contributed by atoms with E-state index < -0.39 is 11.6 Å². The summed E-state index contributed by atoms with van der Waals surface area (Å²) in [6, 6.07) is -0.514. The molecule has 1 saturated heterocycles. The third-order valence-corrected chi connectivity index (χ3v) is 3.16. The molecule has 1 aliphatic heterocycles. The Morgan fingerprint density at radius 3 is 2.65 bits per heavy atom. The molecule has 1 atom stereocenters. The lowest BCUT2D eigenvalue weighted by Gasteiger charge is -2.42. The van der Waals surface area contributed by atoms with Crippen molar-refractivity contribution in [2.24, 2.45) is 11.7 Å². The van der Waals surface area contributed by atoms with Gasteiger partial charge in [-0.25, -0.2) is 0 Å². The first-order valence-corrected chi connectivity index (χ1v) is 6.12. The van der Waals surface area contributed by atoms with Crippen LogP contribution in [0, 0.1) is 5.92 Å². The van der Waals surface area contributed by atoms with Crippen LogP contribution in [0.4, 0.5) is 0 Å². The fourth-order valence-corrected chi connectivity index (χ4v) is 2.09. The van der Waals surface area contributed by atoms with E-state index in [1.807, 2.05) is 13.8 Å². The quantitative estimate of drug-likeness (QED) is 0.735. The maximum Gasteiger partial charge on any atom is 0.245 e. The number of hydrogen-bond acceptors (Lipinski definition) is 3. The van der Waals surface area contributed by atoms with Crippen LogP contribution in [0.5, 0.6) is 0 Å². The van der Waals surface area contributed by atoms with Gasteiger partial charge in [-0.15, -0.1) is 0 Å². The topological polar surface area (TPSA) is 75.4 Å². The molecule has 1 heterocycles. The molecule has 0 unspecified atom stereocenters. The van der Waals surface area contributed by atoms with Crippen LogP contribution in [0.2, 0.25) is 0 Å². The maximum atomic E-state index is 12.2. The molecule has 0 aromatic heterocycles. The molecular formula is C12H23N3O2. The molecule has 1 aliphatic rings. The van der Waals surface area contributed by atoms with Gasteiger partial charge in [-0.1, -0.05) is 13.8 Å². The molecule has 0 bridgehead atoms. The van der Waals surface area contributed by atoms with Crippen molar-refractivity contribution < 1.29 is 9.59 Å². The molecule has 5 heteroatoms. The van der Waals surface area contributed by atoms with E-state index >= 15 is 0 Å². The van der Waals surface area contributed by atoms with Gasteiger partial charge in [0.2, 0.25) is 11.8 Å². The van der Waals surface area contributed by atoms with E-state index in [9.17, 15) is 9.59 Å². The summed E-state index contributed by atoms with van der Waals surface area (Å²) in [6.07, 6.45) is 0.646. The number of nitrogens with one attached hydrogen (secondary N) is 1. The van der Waals surface area contributed by atoms with Crippen LogP contribution in [0.3, 0.4) is 0 Å². The lowest BCUT2D eigenvalue weighted by atomic mass is 9.96. The van der Waals surface area contributed by atoms with Crippen molar-refractivity contribution in [3.63, 3.8) is 0 Å². The van der Waals surface area contributed by atoms with Crippen molar-refractivity contribution >= 4 is 11.8 Å². The molecular weight excluding hydrogens is 218 g/mol. The number of amides is 2. The Morgan fingerprint density at radius 1 is 1.53 bits per heavy atom. The molecule has 0 aliphatic carbocycles. The van der Waals surface area contributed by atoms with Crippen LogP contribution >= 0.6 is 0 Å². The van der Waals surface area contributed by atoms with Gasteiger partial charge in [0.05, 0.1) is 6.04 Å². The molecule has 2 amide bonds. The van der Waals surface area contributed by atoms with Crippen LogP contribution < -0.4 is 11.1 Å². The number of nitrogens with zero attached hydrogens (tertiary/aromatic N) is 1. The van der Waals surface area contributed by atoms with Gasteiger partial charge in [-0.05, 0) is 26.2 Å². The smallest absolute Gasteiger partial charge is 0.245 e. The van der Waals surface area contributed by atoms with Crippen LogP contribution in [0.25, 0.3) is 0 Å². The standard InChI is InChI=1S/C12H23N3O2/c1-8(2)7-9(13)10(16)15-6-5-14-11(17)12(15,3)4/h8-9H,5-7,13H2,1-4H3,(H,14,17)/t9-/m0/s1. The molecule has 1 rings (SSSR count). The summed E-state index contributed by atoms with van der Waals surface area (Å²) < 4.78 is 0. The first-order valence-electron chi connectivity index (χ1n) is 6.12. The van der Waals surface area contributed by atoms with E-state index in [2.05, 4.69) is 5.32 Å². The Labute approximate surface area is 103 Å². The van der Waals surface area contributed by atoms with E-state index in [4.69, 9.17) is 5.73 Å². The molecule has 0 radical (unpaired) electrons. The maximum absolute atomic E-state index is 12.2. The molecule has 0 aromatic rings. The largest absolute Gasteiger partial charge is 0.352 e. The predicted molar refractivity (Wildman–Crippen MR) is 66.2 cm³/mol. The molecule has 1 fully saturated rings. The van der Waals surface area contributed by atoms with Crippen molar-refractivity contribution in [2.75, 3.05) is 13.1 Å². The fourth-order valence-electron chi connectivity index (χ4n) is 2.09. The Bertz CT molecular complexity index is 313. The highest BCUT2D eigenvalue weighted by Crippen LogP contribution is 2.19. The molecule has 0 saturated carbocycles. The summed E-state index contributed by atoms with van der Waals surface area (Å²) in [5, 5.41) is 2.76. The lowest BCUT2D eigenvalue weighted by Crippen LogP contribution is -2.65. The van der Waals surface area contributed by atoms with Crippen LogP contribution in [-0.4, -0.2) is 41.4 Å². The first kappa shape index (κ1) is 14.0. The van der Waals surface area contributed by atoms with E-state index in [0.717, 1.165) is 0 Å². The van der Waals surface area contributed by atoms with E-state index in [1.54, 1.807) is 18.7 Å². The number of nitrogens with two attached hydrogens (primary N) is 1. The average Bonchev–Trinajstić information content (AvgIpc) is 2.20. The summed E-state index contributed by atoms with van der Waals surface area (Å²) in [5.41, 5.74) is 5.09. The van der Waals surface area contributed by atoms with E-state index in [0.29, 0.717) is 25.4 Å². The average molecular weight is 241 g/mol. The van der Waals surface area contributed by atoms with Gasteiger partial charge in [-0.3, -0.25) is 9.59 Å². The van der Waals surface area contributed by atoms with Gasteiger partial charge >= 0.3 is 0 Å². The van der Waals surface area contributed by atoms with Crippen LogP contribution in [0.15, 0.2) is 0 Å². The second kappa shape index (κ2) is 5.04. The zero-order valence-electron chi connectivity index (χ0n) is 11.1. The zero-order valence-corrected chi connectivity index (χ0v) is 11.1. The summed E-state index contributed by atoms with van der Waals surface area (Å²) >= 11 is 0. The second-order valence-corrected chi connectivity index (χ2v) is 5.54. The van der Waals surface area contributed by atoms with Gasteiger partial charge in [-0.2, -0.15) is 0 Å². The normalized spacial score (nSPS) is 21.3. The highest BCUT2D eigenvalue weighted by atomic mass is 16.2. The Hall–Kier alpha value is -1.10. The third-order valence-electron chi connectivity index (χ3n) is 3.16. The van der Waals surface area contributed by atoms with Crippen molar-refractivity contribution in [1.82, 2.24) is 10.2 Å². The van der Waals surface area contributed by atoms with Crippen LogP contribution in [-0.2, 0) is 9.59 Å². The molecule has 17 heavy (non-hydrogen) atoms. The minimum Gasteiger partial charge on any atom is -0.352 e. The molecule has 0 spiro atoms.